The Kier molecular flexibility index (Phi) is 3.55. The van der Waals surface area contributed by atoms with Gasteiger partial charge in [-0.25, -0.2) is 0 Å². The second-order valence-corrected chi connectivity index (χ2v) is 3.96. The van der Waals surface area contributed by atoms with Crippen molar-refractivity contribution in [2.45, 2.75) is 19.1 Å². The molecule has 0 aliphatic rings. The van der Waals surface area contributed by atoms with Crippen molar-refractivity contribution in [1.29, 1.82) is 0 Å². The van der Waals surface area contributed by atoms with E-state index < -0.39 is 6.10 Å². The molecule has 0 amide bonds. The van der Waals surface area contributed by atoms with Gasteiger partial charge in [-0.15, -0.1) is 10.2 Å². The molecule has 0 bridgehead atoms. The largest absolute Gasteiger partial charge is 0.467 e. The molecule has 2 unspecified atom stereocenters. The van der Waals surface area contributed by atoms with Gasteiger partial charge in [0.1, 0.15) is 24.0 Å². The zero-order chi connectivity index (χ0) is 12.3. The smallest absolute Gasteiger partial charge is 0.149 e. The summed E-state index contributed by atoms with van der Waals surface area (Å²) in [5, 5.41) is 20.8. The van der Waals surface area contributed by atoms with Gasteiger partial charge < -0.3 is 19.4 Å². The lowest BCUT2D eigenvalue weighted by molar-refractivity contribution is 0.143. The summed E-state index contributed by atoms with van der Waals surface area (Å²) >= 11 is 0. The van der Waals surface area contributed by atoms with Crippen molar-refractivity contribution < 1.29 is 9.52 Å². The minimum Gasteiger partial charge on any atom is -0.467 e. The Hall–Kier alpha value is -1.66. The van der Waals surface area contributed by atoms with Gasteiger partial charge in [0, 0.05) is 13.6 Å². The lowest BCUT2D eigenvalue weighted by Gasteiger charge is -2.15. The molecule has 0 saturated heterocycles. The first kappa shape index (κ1) is 11.8. The van der Waals surface area contributed by atoms with Gasteiger partial charge in [0.05, 0.1) is 12.3 Å². The summed E-state index contributed by atoms with van der Waals surface area (Å²) in [4.78, 5) is 0. The predicted molar refractivity (Wildman–Crippen MR) is 61.1 cm³/mol. The summed E-state index contributed by atoms with van der Waals surface area (Å²) in [6.07, 6.45) is 2.54. The number of nitrogens with zero attached hydrogens (tertiary/aromatic N) is 3. The standard InChI is InChI=1S/C11H16N4O2/c1-8(11-14-13-7-15(11)2)12-6-9(16)10-4-3-5-17-10/h3-5,7-9,12,16H,6H2,1-2H3. The van der Waals surface area contributed by atoms with Crippen molar-refractivity contribution in [2.75, 3.05) is 6.54 Å². The van der Waals surface area contributed by atoms with Crippen LogP contribution in [0.3, 0.4) is 0 Å². The van der Waals surface area contributed by atoms with Gasteiger partial charge in [0.2, 0.25) is 0 Å². The highest BCUT2D eigenvalue weighted by molar-refractivity contribution is 5.02. The van der Waals surface area contributed by atoms with Crippen LogP contribution in [0.2, 0.25) is 0 Å². The quantitative estimate of drug-likeness (QED) is 0.802. The molecule has 6 heteroatoms. The fourth-order valence-electron chi connectivity index (χ4n) is 1.65. The zero-order valence-electron chi connectivity index (χ0n) is 9.87. The van der Waals surface area contributed by atoms with E-state index in [1.807, 2.05) is 18.5 Å². The van der Waals surface area contributed by atoms with Crippen LogP contribution in [0.4, 0.5) is 0 Å². The second-order valence-electron chi connectivity index (χ2n) is 3.96. The third-order valence-electron chi connectivity index (χ3n) is 2.62. The first-order valence-corrected chi connectivity index (χ1v) is 5.47. The van der Waals surface area contributed by atoms with Gasteiger partial charge in [0.15, 0.2) is 0 Å². The summed E-state index contributed by atoms with van der Waals surface area (Å²) in [6, 6.07) is 3.52. The molecule has 2 rings (SSSR count). The van der Waals surface area contributed by atoms with Gasteiger partial charge in [-0.1, -0.05) is 0 Å². The van der Waals surface area contributed by atoms with Crippen molar-refractivity contribution in [3.05, 3.63) is 36.3 Å². The maximum Gasteiger partial charge on any atom is 0.149 e. The van der Waals surface area contributed by atoms with Crippen LogP contribution < -0.4 is 5.32 Å². The van der Waals surface area contributed by atoms with Gasteiger partial charge in [-0.05, 0) is 19.1 Å². The van der Waals surface area contributed by atoms with E-state index in [0.29, 0.717) is 12.3 Å². The van der Waals surface area contributed by atoms with E-state index >= 15 is 0 Å². The van der Waals surface area contributed by atoms with Crippen molar-refractivity contribution in [3.63, 3.8) is 0 Å². The minimum atomic E-state index is -0.652. The van der Waals surface area contributed by atoms with Crippen LogP contribution in [0.15, 0.2) is 29.1 Å². The number of nitrogens with one attached hydrogen (secondary N) is 1. The van der Waals surface area contributed by atoms with E-state index in [1.165, 1.54) is 0 Å². The first-order chi connectivity index (χ1) is 8.18. The highest BCUT2D eigenvalue weighted by atomic mass is 16.4. The Bertz CT molecular complexity index is 452. The Morgan fingerprint density at radius 2 is 2.41 bits per heavy atom. The molecule has 2 aromatic heterocycles. The second kappa shape index (κ2) is 5.11. The van der Waals surface area contributed by atoms with E-state index in [0.717, 1.165) is 5.82 Å². The molecule has 2 N–H and O–H groups in total. The summed E-state index contributed by atoms with van der Waals surface area (Å²) in [7, 11) is 1.89. The molecular formula is C11H16N4O2. The van der Waals surface area contributed by atoms with Crippen LogP contribution in [0.5, 0.6) is 0 Å². The van der Waals surface area contributed by atoms with Crippen LogP contribution in [-0.2, 0) is 7.05 Å². The number of aryl methyl sites for hydroxylation is 1. The number of aromatic nitrogens is 3. The maximum atomic E-state index is 9.83. The number of rotatable bonds is 5. The Balaban J connectivity index is 1.88. The van der Waals surface area contributed by atoms with Crippen LogP contribution in [0, 0.1) is 0 Å². The first-order valence-electron chi connectivity index (χ1n) is 5.47. The average Bonchev–Trinajstić information content (AvgIpc) is 2.95. The number of hydrogen-bond donors (Lipinski definition) is 2. The van der Waals surface area contributed by atoms with Crippen molar-refractivity contribution in [1.82, 2.24) is 20.1 Å². The molecule has 17 heavy (non-hydrogen) atoms. The maximum absolute atomic E-state index is 9.83. The molecule has 0 aliphatic heterocycles. The molecular weight excluding hydrogens is 220 g/mol. The molecule has 2 aromatic rings. The Labute approximate surface area is 99.3 Å². The zero-order valence-corrected chi connectivity index (χ0v) is 9.87. The van der Waals surface area contributed by atoms with Crippen LogP contribution in [0.1, 0.15) is 30.7 Å². The van der Waals surface area contributed by atoms with Gasteiger partial charge >= 0.3 is 0 Å². The molecule has 0 saturated carbocycles. The molecule has 2 atom stereocenters. The third-order valence-corrected chi connectivity index (χ3v) is 2.62. The topological polar surface area (TPSA) is 76.1 Å². The number of hydrogen-bond acceptors (Lipinski definition) is 5. The van der Waals surface area contributed by atoms with Crippen molar-refractivity contribution in [3.8, 4) is 0 Å². The van der Waals surface area contributed by atoms with E-state index in [4.69, 9.17) is 4.42 Å². The third kappa shape index (κ3) is 2.72. The highest BCUT2D eigenvalue weighted by Gasteiger charge is 2.15. The lowest BCUT2D eigenvalue weighted by Crippen LogP contribution is -2.26. The fourth-order valence-corrected chi connectivity index (χ4v) is 1.65. The Morgan fingerprint density at radius 1 is 1.59 bits per heavy atom. The molecule has 2 heterocycles. The molecule has 0 radical (unpaired) electrons. The summed E-state index contributed by atoms with van der Waals surface area (Å²) in [6.45, 7) is 2.38. The average molecular weight is 236 g/mol. The number of aliphatic hydroxyl groups is 1. The molecule has 0 aliphatic carbocycles. The van der Waals surface area contributed by atoms with Crippen molar-refractivity contribution in [2.24, 2.45) is 7.05 Å². The van der Waals surface area contributed by atoms with Crippen LogP contribution in [-0.4, -0.2) is 26.4 Å². The summed E-state index contributed by atoms with van der Waals surface area (Å²) < 4.78 is 6.96. The monoisotopic (exact) mass is 236 g/mol. The molecule has 0 spiro atoms. The normalized spacial score (nSPS) is 14.8. The number of aliphatic hydroxyl groups excluding tert-OH is 1. The van der Waals surface area contributed by atoms with Gasteiger partial charge in [0.25, 0.3) is 0 Å². The Morgan fingerprint density at radius 3 is 3.00 bits per heavy atom. The van der Waals surface area contributed by atoms with E-state index in [2.05, 4.69) is 15.5 Å². The SMILES string of the molecule is CC(NCC(O)c1ccco1)c1nncn1C. The van der Waals surface area contributed by atoms with E-state index in [9.17, 15) is 5.11 Å². The fraction of sp³-hybridized carbons (Fsp3) is 0.455. The predicted octanol–water partition coefficient (Wildman–Crippen LogP) is 0.792. The van der Waals surface area contributed by atoms with Crippen LogP contribution >= 0.6 is 0 Å². The minimum absolute atomic E-state index is 0.0205. The van der Waals surface area contributed by atoms with Crippen LogP contribution in [0.25, 0.3) is 0 Å². The molecule has 6 nitrogen and oxygen atoms in total. The van der Waals surface area contributed by atoms with Crippen molar-refractivity contribution >= 4 is 0 Å². The van der Waals surface area contributed by atoms with E-state index in [1.54, 1.807) is 24.7 Å². The number of furan rings is 1. The van der Waals surface area contributed by atoms with Gasteiger partial charge in [-0.3, -0.25) is 0 Å². The molecule has 0 aromatic carbocycles. The van der Waals surface area contributed by atoms with Gasteiger partial charge in [-0.2, -0.15) is 0 Å². The summed E-state index contributed by atoms with van der Waals surface area (Å²) in [5.41, 5.74) is 0. The molecule has 0 fully saturated rings. The summed E-state index contributed by atoms with van der Waals surface area (Å²) in [5.74, 6) is 1.39. The lowest BCUT2D eigenvalue weighted by atomic mass is 10.2. The highest BCUT2D eigenvalue weighted by Crippen LogP contribution is 2.14. The van der Waals surface area contributed by atoms with E-state index in [-0.39, 0.29) is 6.04 Å². The molecule has 92 valence electrons.